The lowest BCUT2D eigenvalue weighted by Crippen LogP contribution is -2.51. The highest BCUT2D eigenvalue weighted by atomic mass is 16.5. The van der Waals surface area contributed by atoms with Gasteiger partial charge in [0.25, 0.3) is 5.91 Å². The molecule has 0 radical (unpaired) electrons. The van der Waals surface area contributed by atoms with E-state index >= 15 is 0 Å². The zero-order chi connectivity index (χ0) is 27.4. The monoisotopic (exact) mass is 527 g/mol. The highest BCUT2D eigenvalue weighted by Crippen LogP contribution is 2.45. The average Bonchev–Trinajstić information content (AvgIpc) is 3.31. The quantitative estimate of drug-likeness (QED) is 0.367. The maximum atomic E-state index is 14.0. The molecule has 1 atom stereocenters. The van der Waals surface area contributed by atoms with Gasteiger partial charge in [-0.15, -0.1) is 0 Å². The molecule has 3 aliphatic rings. The first-order valence-corrected chi connectivity index (χ1v) is 12.3. The first kappa shape index (κ1) is 23.4. The standard InChI is InChI=1S/C29H21NO9/c1-29-11-13-8-12-4-5-14-21(19(12)25(33)20(13)28(35)30(29)6-7-38-29)26(34)22-23(31)15-9-17(36-2)18(37-3)10-16(15)39-27(22)24(14)32/h4-5,8-10,33H,6-7,11H2,1-3H3. The second kappa shape index (κ2) is 7.67. The van der Waals surface area contributed by atoms with E-state index < -0.39 is 45.7 Å². The van der Waals surface area contributed by atoms with Crippen LogP contribution in [0.15, 0.2) is 39.5 Å². The van der Waals surface area contributed by atoms with Crippen molar-refractivity contribution in [2.45, 2.75) is 19.1 Å². The molecule has 0 saturated carbocycles. The van der Waals surface area contributed by atoms with Gasteiger partial charge in [0.1, 0.15) is 22.6 Å². The third kappa shape index (κ3) is 2.89. The van der Waals surface area contributed by atoms with Crippen molar-refractivity contribution in [1.29, 1.82) is 0 Å². The minimum atomic E-state index is -0.826. The maximum Gasteiger partial charge on any atom is 0.260 e. The molecule has 1 amide bonds. The Bertz CT molecular complexity index is 1900. The van der Waals surface area contributed by atoms with E-state index in [1.807, 2.05) is 6.92 Å². The predicted octanol–water partition coefficient (Wildman–Crippen LogP) is 3.19. The fraction of sp³-hybridized carbons (Fsp3) is 0.241. The fourth-order valence-electron chi connectivity index (χ4n) is 6.09. The lowest BCUT2D eigenvalue weighted by molar-refractivity contribution is -0.0568. The van der Waals surface area contributed by atoms with Gasteiger partial charge in [0.15, 0.2) is 17.3 Å². The number of ether oxygens (including phenoxy) is 3. The van der Waals surface area contributed by atoms with Gasteiger partial charge in [-0.25, -0.2) is 0 Å². The van der Waals surface area contributed by atoms with Crippen LogP contribution in [0, 0.1) is 0 Å². The molecular formula is C29H21NO9. The number of ketones is 2. The number of hydrogen-bond donors (Lipinski definition) is 1. The Labute approximate surface area is 220 Å². The summed E-state index contributed by atoms with van der Waals surface area (Å²) in [5.74, 6) is -2.14. The fourth-order valence-corrected chi connectivity index (χ4v) is 6.09. The summed E-state index contributed by atoms with van der Waals surface area (Å²) in [7, 11) is 2.83. The van der Waals surface area contributed by atoms with Crippen LogP contribution in [0.4, 0.5) is 0 Å². The number of nitrogens with zero attached hydrogens (tertiary/aromatic N) is 1. The van der Waals surface area contributed by atoms with Gasteiger partial charge in [0.05, 0.1) is 31.8 Å². The molecule has 39 heavy (non-hydrogen) atoms. The molecule has 1 saturated heterocycles. The maximum absolute atomic E-state index is 14.0. The van der Waals surface area contributed by atoms with E-state index in [0.29, 0.717) is 30.5 Å². The highest BCUT2D eigenvalue weighted by molar-refractivity contribution is 6.32. The Kier molecular flexibility index (Phi) is 4.61. The second-order valence-electron chi connectivity index (χ2n) is 10.00. The number of rotatable bonds is 2. The molecule has 4 aromatic rings. The third-order valence-electron chi connectivity index (χ3n) is 7.94. The summed E-state index contributed by atoms with van der Waals surface area (Å²) in [6, 6.07) is 7.60. The third-order valence-corrected chi connectivity index (χ3v) is 7.94. The van der Waals surface area contributed by atoms with E-state index in [1.54, 1.807) is 17.0 Å². The van der Waals surface area contributed by atoms with Crippen molar-refractivity contribution in [3.8, 4) is 17.2 Å². The van der Waals surface area contributed by atoms with Crippen LogP contribution in [0.3, 0.4) is 0 Å². The van der Waals surface area contributed by atoms with Crippen molar-refractivity contribution < 1.29 is 38.1 Å². The normalized spacial score (nSPS) is 19.7. The summed E-state index contributed by atoms with van der Waals surface area (Å²) in [5.41, 5.74) is -1.46. The number of amides is 1. The van der Waals surface area contributed by atoms with Crippen molar-refractivity contribution in [2.24, 2.45) is 0 Å². The smallest absolute Gasteiger partial charge is 0.260 e. The number of carbonyl (C=O) groups is 3. The first-order chi connectivity index (χ1) is 18.7. The molecule has 7 rings (SSSR count). The van der Waals surface area contributed by atoms with Crippen molar-refractivity contribution in [3.63, 3.8) is 0 Å². The lowest BCUT2D eigenvalue weighted by Gasteiger charge is -2.39. The van der Waals surface area contributed by atoms with Gasteiger partial charge in [0, 0.05) is 35.5 Å². The van der Waals surface area contributed by atoms with Crippen molar-refractivity contribution in [1.82, 2.24) is 4.90 Å². The number of phenolic OH excluding ortho intramolecular Hbond substituents is 1. The molecule has 10 heteroatoms. The van der Waals surface area contributed by atoms with Crippen LogP contribution in [0.2, 0.25) is 0 Å². The molecule has 1 N–H and O–H groups in total. The van der Waals surface area contributed by atoms with E-state index in [4.69, 9.17) is 18.6 Å². The summed E-state index contributed by atoms with van der Waals surface area (Å²) in [4.78, 5) is 56.2. The molecule has 0 bridgehead atoms. The molecule has 1 unspecified atom stereocenters. The molecule has 0 spiro atoms. The van der Waals surface area contributed by atoms with Gasteiger partial charge >= 0.3 is 0 Å². The topological polar surface area (TPSA) is 133 Å². The van der Waals surface area contributed by atoms with Gasteiger partial charge in [0.2, 0.25) is 17.0 Å². The lowest BCUT2D eigenvalue weighted by atomic mass is 9.81. The van der Waals surface area contributed by atoms with Crippen LogP contribution in [0.5, 0.6) is 17.2 Å². The van der Waals surface area contributed by atoms with E-state index in [1.165, 1.54) is 32.4 Å². The van der Waals surface area contributed by atoms with Crippen molar-refractivity contribution in [3.05, 3.63) is 74.1 Å². The largest absolute Gasteiger partial charge is 0.506 e. The minimum Gasteiger partial charge on any atom is -0.506 e. The van der Waals surface area contributed by atoms with E-state index in [0.717, 1.165) is 0 Å². The first-order valence-electron chi connectivity index (χ1n) is 12.3. The summed E-state index contributed by atoms with van der Waals surface area (Å²) < 4.78 is 22.2. The number of carbonyl (C=O) groups excluding carboxylic acids is 3. The molecule has 3 aromatic carbocycles. The molecule has 1 aliphatic carbocycles. The summed E-state index contributed by atoms with van der Waals surface area (Å²) in [6.45, 7) is 2.56. The summed E-state index contributed by atoms with van der Waals surface area (Å²) in [5, 5.41) is 12.0. The Balaban J connectivity index is 1.50. The zero-order valence-corrected chi connectivity index (χ0v) is 21.2. The number of hydrogen-bond acceptors (Lipinski definition) is 9. The van der Waals surface area contributed by atoms with Gasteiger partial charge in [-0.3, -0.25) is 19.2 Å². The Hall–Kier alpha value is -4.70. The van der Waals surface area contributed by atoms with Crippen LogP contribution in [-0.2, 0) is 11.2 Å². The number of benzene rings is 3. The van der Waals surface area contributed by atoms with Crippen LogP contribution in [-0.4, -0.2) is 60.6 Å². The molecule has 196 valence electrons. The zero-order valence-electron chi connectivity index (χ0n) is 21.2. The summed E-state index contributed by atoms with van der Waals surface area (Å²) in [6.07, 6.45) is 0.352. The van der Waals surface area contributed by atoms with Gasteiger partial charge < -0.3 is 28.6 Å². The summed E-state index contributed by atoms with van der Waals surface area (Å²) >= 11 is 0. The van der Waals surface area contributed by atoms with Gasteiger partial charge in [-0.2, -0.15) is 0 Å². The van der Waals surface area contributed by atoms with E-state index in [2.05, 4.69) is 0 Å². The molecule has 3 heterocycles. The van der Waals surface area contributed by atoms with E-state index in [-0.39, 0.29) is 44.5 Å². The second-order valence-corrected chi connectivity index (χ2v) is 10.00. The Morgan fingerprint density at radius 3 is 2.44 bits per heavy atom. The Morgan fingerprint density at radius 1 is 0.949 bits per heavy atom. The van der Waals surface area contributed by atoms with Crippen molar-refractivity contribution in [2.75, 3.05) is 27.4 Å². The number of methoxy groups -OCH3 is 2. The van der Waals surface area contributed by atoms with Crippen LogP contribution in [0.25, 0.3) is 21.7 Å². The number of aromatic hydroxyl groups is 1. The molecule has 1 fully saturated rings. The van der Waals surface area contributed by atoms with Crippen LogP contribution in [0.1, 0.15) is 54.9 Å². The van der Waals surface area contributed by atoms with E-state index in [9.17, 15) is 24.3 Å². The molecule has 1 aromatic heterocycles. The molecule has 2 aliphatic heterocycles. The predicted molar refractivity (Wildman–Crippen MR) is 137 cm³/mol. The van der Waals surface area contributed by atoms with Crippen LogP contribution < -0.4 is 14.9 Å². The average molecular weight is 527 g/mol. The molecule has 10 nitrogen and oxygen atoms in total. The number of fused-ring (bicyclic) bond motifs is 7. The van der Waals surface area contributed by atoms with Gasteiger partial charge in [-0.1, -0.05) is 6.07 Å². The highest BCUT2D eigenvalue weighted by Gasteiger charge is 2.48. The van der Waals surface area contributed by atoms with Crippen LogP contribution >= 0.6 is 0 Å². The Morgan fingerprint density at radius 2 is 1.69 bits per heavy atom. The SMILES string of the molecule is COc1cc2oc3c(c(=O)c2cc1OC)C(=O)c1c(ccc2cc4c(c(O)c12)C(=O)N1CCOC1(C)C4)C3=O. The molecular weight excluding hydrogens is 506 g/mol. The number of phenols is 1. The minimum absolute atomic E-state index is 0.0290. The van der Waals surface area contributed by atoms with Gasteiger partial charge in [-0.05, 0) is 36.1 Å². The van der Waals surface area contributed by atoms with Crippen molar-refractivity contribution >= 4 is 39.2 Å².